The van der Waals surface area contributed by atoms with E-state index in [2.05, 4.69) is 15.4 Å². The summed E-state index contributed by atoms with van der Waals surface area (Å²) >= 11 is 5.07. The molecule has 0 aliphatic rings. The van der Waals surface area contributed by atoms with Crippen molar-refractivity contribution in [2.45, 2.75) is 26.0 Å². The number of rotatable bonds is 5. The van der Waals surface area contributed by atoms with E-state index in [0.717, 1.165) is 0 Å². The van der Waals surface area contributed by atoms with Crippen molar-refractivity contribution in [1.82, 2.24) is 5.32 Å². The molecule has 0 radical (unpaired) electrons. The minimum atomic E-state index is -2.84. The van der Waals surface area contributed by atoms with E-state index in [0.29, 0.717) is 10.8 Å². The quantitative estimate of drug-likeness (QED) is 0.727. The maximum atomic E-state index is 12.0. The van der Waals surface area contributed by atoms with Gasteiger partial charge in [-0.15, -0.1) is 0 Å². The Balaban J connectivity index is 2.56. The number of anilines is 1. The van der Waals surface area contributed by atoms with Crippen LogP contribution in [-0.2, 0) is 0 Å². The molecule has 0 fully saturated rings. The fraction of sp³-hybridized carbons (Fsp3) is 0.417. The standard InChI is InChI=1S/C12H16F2N2O2S/c1-12(2,7-17)16-11(19)15-8-3-5-9(6-4-8)18-10(13)14/h3-6,10,17H,7H2,1-2H3,(H2,15,16,19). The molecule has 3 N–H and O–H groups in total. The van der Waals surface area contributed by atoms with Gasteiger partial charge in [-0.05, 0) is 50.3 Å². The van der Waals surface area contributed by atoms with E-state index in [4.69, 9.17) is 17.3 Å². The second kappa shape index (κ2) is 6.63. The van der Waals surface area contributed by atoms with Crippen LogP contribution in [0.5, 0.6) is 5.75 Å². The Hall–Kier alpha value is -1.47. The van der Waals surface area contributed by atoms with E-state index < -0.39 is 12.2 Å². The van der Waals surface area contributed by atoms with Crippen molar-refractivity contribution < 1.29 is 18.6 Å². The number of aliphatic hydroxyl groups excluding tert-OH is 1. The third kappa shape index (κ3) is 5.80. The Labute approximate surface area is 115 Å². The van der Waals surface area contributed by atoms with Gasteiger partial charge in [0.05, 0.1) is 12.1 Å². The predicted molar refractivity (Wildman–Crippen MR) is 73.6 cm³/mol. The first-order chi connectivity index (χ1) is 8.82. The summed E-state index contributed by atoms with van der Waals surface area (Å²) in [5.74, 6) is 0.0788. The second-order valence-corrected chi connectivity index (χ2v) is 4.93. The number of ether oxygens (including phenoxy) is 1. The van der Waals surface area contributed by atoms with Gasteiger partial charge in [0.1, 0.15) is 5.75 Å². The maximum Gasteiger partial charge on any atom is 0.387 e. The summed E-state index contributed by atoms with van der Waals surface area (Å²) in [7, 11) is 0. The average Bonchev–Trinajstić information content (AvgIpc) is 2.30. The lowest BCUT2D eigenvalue weighted by atomic mass is 10.1. The van der Waals surface area contributed by atoms with Crippen LogP contribution in [0.4, 0.5) is 14.5 Å². The van der Waals surface area contributed by atoms with Gasteiger partial charge in [0.25, 0.3) is 0 Å². The highest BCUT2D eigenvalue weighted by Crippen LogP contribution is 2.17. The molecular formula is C12H16F2N2O2S. The number of alkyl halides is 2. The van der Waals surface area contributed by atoms with E-state index in [-0.39, 0.29) is 12.4 Å². The molecular weight excluding hydrogens is 274 g/mol. The topological polar surface area (TPSA) is 53.5 Å². The van der Waals surface area contributed by atoms with Gasteiger partial charge < -0.3 is 20.5 Å². The third-order valence-corrected chi connectivity index (χ3v) is 2.39. The predicted octanol–water partition coefficient (Wildman–Crippen LogP) is 2.35. The van der Waals surface area contributed by atoms with Gasteiger partial charge in [-0.1, -0.05) is 0 Å². The molecule has 0 bridgehead atoms. The Morgan fingerprint density at radius 2 is 1.95 bits per heavy atom. The van der Waals surface area contributed by atoms with Crippen LogP contribution in [0.2, 0.25) is 0 Å². The number of nitrogens with one attached hydrogen (secondary N) is 2. The smallest absolute Gasteiger partial charge is 0.387 e. The Morgan fingerprint density at radius 3 is 2.42 bits per heavy atom. The number of halogens is 2. The molecule has 0 unspecified atom stereocenters. The first-order valence-electron chi connectivity index (χ1n) is 5.57. The average molecular weight is 290 g/mol. The number of hydrogen-bond donors (Lipinski definition) is 3. The zero-order valence-electron chi connectivity index (χ0n) is 10.6. The molecule has 0 saturated heterocycles. The van der Waals surface area contributed by atoms with E-state index in [1.54, 1.807) is 26.0 Å². The van der Waals surface area contributed by atoms with Crippen LogP contribution in [-0.4, -0.2) is 29.0 Å². The minimum absolute atomic E-state index is 0.0734. The van der Waals surface area contributed by atoms with Gasteiger partial charge in [-0.3, -0.25) is 0 Å². The van der Waals surface area contributed by atoms with Gasteiger partial charge >= 0.3 is 6.61 Å². The fourth-order valence-electron chi connectivity index (χ4n) is 1.23. The van der Waals surface area contributed by atoms with E-state index in [1.165, 1.54) is 12.1 Å². The molecule has 0 aliphatic heterocycles. The summed E-state index contributed by atoms with van der Waals surface area (Å²) in [6, 6.07) is 5.96. The SMILES string of the molecule is CC(C)(CO)NC(=S)Nc1ccc(OC(F)F)cc1. The first kappa shape index (κ1) is 15.6. The molecule has 7 heteroatoms. The van der Waals surface area contributed by atoms with E-state index >= 15 is 0 Å². The minimum Gasteiger partial charge on any atom is -0.435 e. The summed E-state index contributed by atoms with van der Waals surface area (Å²) in [5, 5.41) is 15.2. The van der Waals surface area contributed by atoms with Crippen molar-refractivity contribution in [2.75, 3.05) is 11.9 Å². The monoisotopic (exact) mass is 290 g/mol. The zero-order chi connectivity index (χ0) is 14.5. The number of benzene rings is 1. The maximum absolute atomic E-state index is 12.0. The Bertz CT molecular complexity index is 424. The van der Waals surface area contributed by atoms with Gasteiger partial charge in [-0.2, -0.15) is 8.78 Å². The van der Waals surface area contributed by atoms with Crippen molar-refractivity contribution in [3.8, 4) is 5.75 Å². The van der Waals surface area contributed by atoms with Crippen molar-refractivity contribution in [3.63, 3.8) is 0 Å². The summed E-state index contributed by atoms with van der Waals surface area (Å²) in [5.41, 5.74) is 0.0934. The van der Waals surface area contributed by atoms with Crippen molar-refractivity contribution >= 4 is 23.0 Å². The number of hydrogen-bond acceptors (Lipinski definition) is 3. The lowest BCUT2D eigenvalue weighted by Gasteiger charge is -2.25. The molecule has 19 heavy (non-hydrogen) atoms. The molecule has 0 saturated carbocycles. The van der Waals surface area contributed by atoms with Crippen LogP contribution >= 0.6 is 12.2 Å². The lowest BCUT2D eigenvalue weighted by molar-refractivity contribution is -0.0498. The van der Waals surface area contributed by atoms with E-state index in [1.807, 2.05) is 0 Å². The summed E-state index contributed by atoms with van der Waals surface area (Å²) in [4.78, 5) is 0. The highest BCUT2D eigenvalue weighted by atomic mass is 32.1. The van der Waals surface area contributed by atoms with Gasteiger partial charge in [0.15, 0.2) is 5.11 Å². The Morgan fingerprint density at radius 1 is 1.37 bits per heavy atom. The van der Waals surface area contributed by atoms with Crippen LogP contribution in [0.25, 0.3) is 0 Å². The van der Waals surface area contributed by atoms with Crippen molar-refractivity contribution in [3.05, 3.63) is 24.3 Å². The molecule has 0 spiro atoms. The van der Waals surface area contributed by atoms with Gasteiger partial charge in [0.2, 0.25) is 0 Å². The normalized spacial score (nSPS) is 11.3. The van der Waals surface area contributed by atoms with Crippen molar-refractivity contribution in [2.24, 2.45) is 0 Å². The second-order valence-electron chi connectivity index (χ2n) is 4.52. The van der Waals surface area contributed by atoms with E-state index in [9.17, 15) is 8.78 Å². The molecule has 0 aromatic heterocycles. The summed E-state index contributed by atoms with van der Waals surface area (Å²) in [6.45, 7) is 0.670. The summed E-state index contributed by atoms with van der Waals surface area (Å²) < 4.78 is 28.2. The lowest BCUT2D eigenvalue weighted by Crippen LogP contribution is -2.47. The van der Waals surface area contributed by atoms with Crippen LogP contribution < -0.4 is 15.4 Å². The molecule has 1 aromatic carbocycles. The fourth-order valence-corrected chi connectivity index (χ4v) is 1.62. The first-order valence-corrected chi connectivity index (χ1v) is 5.98. The van der Waals surface area contributed by atoms with Crippen LogP contribution in [0.1, 0.15) is 13.8 Å². The molecule has 0 amide bonds. The molecule has 0 aliphatic carbocycles. The molecule has 0 atom stereocenters. The Kier molecular flexibility index (Phi) is 5.44. The van der Waals surface area contributed by atoms with Gasteiger partial charge in [0, 0.05) is 5.69 Å². The van der Waals surface area contributed by atoms with Crippen molar-refractivity contribution in [1.29, 1.82) is 0 Å². The van der Waals surface area contributed by atoms with Crippen LogP contribution in [0.3, 0.4) is 0 Å². The highest BCUT2D eigenvalue weighted by molar-refractivity contribution is 7.80. The molecule has 1 rings (SSSR count). The zero-order valence-corrected chi connectivity index (χ0v) is 11.4. The third-order valence-electron chi connectivity index (χ3n) is 2.18. The number of thiocarbonyl (C=S) groups is 1. The molecule has 106 valence electrons. The van der Waals surface area contributed by atoms with Crippen LogP contribution in [0, 0.1) is 0 Å². The molecule has 0 heterocycles. The van der Waals surface area contributed by atoms with Gasteiger partial charge in [-0.25, -0.2) is 0 Å². The van der Waals surface area contributed by atoms with Crippen LogP contribution in [0.15, 0.2) is 24.3 Å². The number of aliphatic hydroxyl groups is 1. The highest BCUT2D eigenvalue weighted by Gasteiger charge is 2.16. The largest absolute Gasteiger partial charge is 0.435 e. The molecule has 4 nitrogen and oxygen atoms in total. The molecule has 1 aromatic rings. The summed E-state index contributed by atoms with van der Waals surface area (Å²) in [6.07, 6.45) is 0.